The fraction of sp³-hybridized carbons (Fsp3) is 0.500. The second kappa shape index (κ2) is 15.1. The molecule has 0 aliphatic carbocycles. The molecule has 0 radical (unpaired) electrons. The SMILES string of the molecule is C=C(C)C(=O)OCCCCCOc1ccc(OCCCCCOC(=O)C(=C)C)cc1. The molecule has 0 amide bonds. The normalized spacial score (nSPS) is 10.2. The van der Waals surface area contributed by atoms with E-state index in [0.29, 0.717) is 37.6 Å². The summed E-state index contributed by atoms with van der Waals surface area (Å²) in [4.78, 5) is 22.5. The number of benzene rings is 1. The van der Waals surface area contributed by atoms with E-state index in [0.717, 1.165) is 50.0 Å². The fourth-order valence-corrected chi connectivity index (χ4v) is 2.35. The molecule has 0 aromatic heterocycles. The summed E-state index contributed by atoms with van der Waals surface area (Å²) in [5, 5.41) is 0. The average molecular weight is 419 g/mol. The van der Waals surface area contributed by atoms with E-state index in [-0.39, 0.29) is 11.9 Å². The van der Waals surface area contributed by atoms with Crippen LogP contribution in [0.15, 0.2) is 48.6 Å². The smallest absolute Gasteiger partial charge is 0.333 e. The van der Waals surface area contributed by atoms with Gasteiger partial charge in [-0.25, -0.2) is 9.59 Å². The summed E-state index contributed by atoms with van der Waals surface area (Å²) < 4.78 is 21.5. The van der Waals surface area contributed by atoms with Crippen molar-refractivity contribution in [3.05, 3.63) is 48.6 Å². The van der Waals surface area contributed by atoms with Crippen molar-refractivity contribution >= 4 is 11.9 Å². The fourth-order valence-electron chi connectivity index (χ4n) is 2.35. The van der Waals surface area contributed by atoms with Crippen LogP contribution in [0.1, 0.15) is 52.4 Å². The quantitative estimate of drug-likeness (QED) is 0.213. The molecule has 0 bridgehead atoms. The van der Waals surface area contributed by atoms with Crippen molar-refractivity contribution in [3.63, 3.8) is 0 Å². The van der Waals surface area contributed by atoms with Gasteiger partial charge in [-0.3, -0.25) is 0 Å². The number of carbonyl (C=O) groups excluding carboxylic acids is 2. The highest BCUT2D eigenvalue weighted by Gasteiger charge is 2.03. The van der Waals surface area contributed by atoms with Crippen LogP contribution in [0.25, 0.3) is 0 Å². The van der Waals surface area contributed by atoms with E-state index in [1.165, 1.54) is 0 Å². The Balaban J connectivity index is 2.03. The molecular weight excluding hydrogens is 384 g/mol. The highest BCUT2D eigenvalue weighted by atomic mass is 16.5. The van der Waals surface area contributed by atoms with Crippen molar-refractivity contribution in [2.75, 3.05) is 26.4 Å². The number of ether oxygens (including phenoxy) is 4. The first-order valence-corrected chi connectivity index (χ1v) is 10.4. The van der Waals surface area contributed by atoms with Gasteiger partial charge in [-0.2, -0.15) is 0 Å². The van der Waals surface area contributed by atoms with Crippen LogP contribution >= 0.6 is 0 Å². The van der Waals surface area contributed by atoms with E-state index in [9.17, 15) is 9.59 Å². The molecular formula is C24H34O6. The highest BCUT2D eigenvalue weighted by molar-refractivity contribution is 5.87. The molecule has 0 heterocycles. The van der Waals surface area contributed by atoms with Crippen LogP contribution in [0.2, 0.25) is 0 Å². The average Bonchev–Trinajstić information content (AvgIpc) is 2.72. The Morgan fingerprint density at radius 2 is 0.967 bits per heavy atom. The third kappa shape index (κ3) is 11.9. The van der Waals surface area contributed by atoms with Gasteiger partial charge in [-0.15, -0.1) is 0 Å². The lowest BCUT2D eigenvalue weighted by Gasteiger charge is -2.09. The largest absolute Gasteiger partial charge is 0.494 e. The molecule has 0 saturated carbocycles. The predicted molar refractivity (Wildman–Crippen MR) is 117 cm³/mol. The van der Waals surface area contributed by atoms with E-state index >= 15 is 0 Å². The van der Waals surface area contributed by atoms with E-state index in [1.54, 1.807) is 13.8 Å². The van der Waals surface area contributed by atoms with Crippen molar-refractivity contribution in [2.45, 2.75) is 52.4 Å². The summed E-state index contributed by atoms with van der Waals surface area (Å²) >= 11 is 0. The highest BCUT2D eigenvalue weighted by Crippen LogP contribution is 2.18. The van der Waals surface area contributed by atoms with Crippen molar-refractivity contribution in [1.82, 2.24) is 0 Å². The summed E-state index contributed by atoms with van der Waals surface area (Å²) in [5.74, 6) is 0.932. The third-order valence-electron chi connectivity index (χ3n) is 4.10. The van der Waals surface area contributed by atoms with Crippen LogP contribution in [0.5, 0.6) is 11.5 Å². The van der Waals surface area contributed by atoms with Gasteiger partial charge >= 0.3 is 11.9 Å². The van der Waals surface area contributed by atoms with Crippen LogP contribution < -0.4 is 9.47 Å². The van der Waals surface area contributed by atoms with Crippen LogP contribution in [-0.4, -0.2) is 38.4 Å². The minimum Gasteiger partial charge on any atom is -0.494 e. The van der Waals surface area contributed by atoms with Gasteiger partial charge in [0.05, 0.1) is 26.4 Å². The summed E-state index contributed by atoms with van der Waals surface area (Å²) in [6.45, 7) is 12.4. The van der Waals surface area contributed by atoms with Gasteiger partial charge in [-0.05, 0) is 76.6 Å². The van der Waals surface area contributed by atoms with Crippen molar-refractivity contribution in [1.29, 1.82) is 0 Å². The van der Waals surface area contributed by atoms with Gasteiger partial charge in [-0.1, -0.05) is 13.2 Å². The molecule has 6 nitrogen and oxygen atoms in total. The molecule has 166 valence electrons. The molecule has 6 heteroatoms. The van der Waals surface area contributed by atoms with Gasteiger partial charge in [0.25, 0.3) is 0 Å². The maximum Gasteiger partial charge on any atom is 0.333 e. The molecule has 1 aromatic rings. The molecule has 0 fully saturated rings. The Kier molecular flexibility index (Phi) is 12.7. The van der Waals surface area contributed by atoms with Gasteiger partial charge < -0.3 is 18.9 Å². The van der Waals surface area contributed by atoms with E-state index < -0.39 is 0 Å². The summed E-state index contributed by atoms with van der Waals surface area (Å²) in [7, 11) is 0. The van der Waals surface area contributed by atoms with E-state index in [1.807, 2.05) is 24.3 Å². The molecule has 0 aliphatic heterocycles. The summed E-state index contributed by atoms with van der Waals surface area (Å²) in [6, 6.07) is 7.56. The van der Waals surface area contributed by atoms with Crippen LogP contribution in [0, 0.1) is 0 Å². The van der Waals surface area contributed by atoms with Crippen LogP contribution in [0.3, 0.4) is 0 Å². The molecule has 0 N–H and O–H groups in total. The number of hydrogen-bond donors (Lipinski definition) is 0. The zero-order valence-corrected chi connectivity index (χ0v) is 18.2. The van der Waals surface area contributed by atoms with E-state index in [2.05, 4.69) is 13.2 Å². The zero-order valence-electron chi connectivity index (χ0n) is 18.2. The first-order chi connectivity index (χ1) is 14.4. The molecule has 0 atom stereocenters. The van der Waals surface area contributed by atoms with Crippen LogP contribution in [0.4, 0.5) is 0 Å². The topological polar surface area (TPSA) is 71.1 Å². The second-order valence-corrected chi connectivity index (χ2v) is 7.12. The molecule has 1 aromatic carbocycles. The van der Waals surface area contributed by atoms with Crippen molar-refractivity contribution in [2.24, 2.45) is 0 Å². The molecule has 0 spiro atoms. The van der Waals surface area contributed by atoms with Gasteiger partial charge in [0.1, 0.15) is 11.5 Å². The molecule has 0 aliphatic rings. The van der Waals surface area contributed by atoms with Gasteiger partial charge in [0, 0.05) is 11.1 Å². The van der Waals surface area contributed by atoms with Gasteiger partial charge in [0.2, 0.25) is 0 Å². The maximum absolute atomic E-state index is 11.2. The minimum absolute atomic E-state index is 0.336. The van der Waals surface area contributed by atoms with Crippen LogP contribution in [-0.2, 0) is 19.1 Å². The zero-order chi connectivity index (χ0) is 22.2. The monoisotopic (exact) mass is 418 g/mol. The summed E-state index contributed by atoms with van der Waals surface area (Å²) in [5.41, 5.74) is 0.847. The lowest BCUT2D eigenvalue weighted by molar-refractivity contribution is -0.139. The Morgan fingerprint density at radius 1 is 0.633 bits per heavy atom. The molecule has 1 rings (SSSR count). The number of rotatable bonds is 16. The first-order valence-electron chi connectivity index (χ1n) is 10.4. The molecule has 30 heavy (non-hydrogen) atoms. The lowest BCUT2D eigenvalue weighted by Crippen LogP contribution is -2.06. The standard InChI is InChI=1S/C24H34O6/c1-19(2)23(25)29-17-9-5-7-15-27-21-11-13-22(14-12-21)28-16-8-6-10-18-30-24(26)20(3)4/h11-14H,1,3,5-10,15-18H2,2,4H3. The lowest BCUT2D eigenvalue weighted by atomic mass is 10.2. The Bertz CT molecular complexity index is 618. The Labute approximate surface area is 179 Å². The van der Waals surface area contributed by atoms with Gasteiger partial charge in [0.15, 0.2) is 0 Å². The van der Waals surface area contributed by atoms with Crippen molar-refractivity contribution < 1.29 is 28.5 Å². The molecule has 0 unspecified atom stereocenters. The van der Waals surface area contributed by atoms with Crippen molar-refractivity contribution in [3.8, 4) is 11.5 Å². The maximum atomic E-state index is 11.2. The Hall–Kier alpha value is -2.76. The Morgan fingerprint density at radius 3 is 1.30 bits per heavy atom. The first kappa shape index (κ1) is 25.3. The number of esters is 2. The number of unbranched alkanes of at least 4 members (excludes halogenated alkanes) is 4. The predicted octanol–water partition coefficient (Wildman–Crippen LogP) is 5.02. The third-order valence-corrected chi connectivity index (χ3v) is 4.10. The number of carbonyl (C=O) groups is 2. The molecule has 0 saturated heterocycles. The van der Waals surface area contributed by atoms with E-state index in [4.69, 9.17) is 18.9 Å². The minimum atomic E-state index is -0.336. The number of hydrogen-bond acceptors (Lipinski definition) is 6. The second-order valence-electron chi connectivity index (χ2n) is 7.12. The summed E-state index contributed by atoms with van der Waals surface area (Å²) in [6.07, 6.45) is 5.26.